The van der Waals surface area contributed by atoms with Gasteiger partial charge in [0.2, 0.25) is 0 Å². The lowest BCUT2D eigenvalue weighted by Gasteiger charge is -2.20. The van der Waals surface area contributed by atoms with E-state index in [-0.39, 0.29) is 19.4 Å². The van der Waals surface area contributed by atoms with Crippen LogP contribution < -0.4 is 0 Å². The molecule has 0 heterocycles. The van der Waals surface area contributed by atoms with E-state index < -0.39 is 51.8 Å². The molecule has 11 heteroatoms. The summed E-state index contributed by atoms with van der Waals surface area (Å²) in [6.07, 6.45) is 51.8. The number of phosphoric ester groups is 1. The Kier molecular flexibility index (Phi) is 48.6. The molecule has 0 bridgehead atoms. The fourth-order valence-electron chi connectivity index (χ4n) is 7.99. The van der Waals surface area contributed by atoms with Gasteiger partial charge in [0.1, 0.15) is 12.7 Å². The fourth-order valence-corrected chi connectivity index (χ4v) is 8.78. The Labute approximate surface area is 394 Å². The number of phosphoric acid groups is 1. The van der Waals surface area contributed by atoms with Crippen molar-refractivity contribution in [3.8, 4) is 0 Å². The standard InChI is InChI=1S/C53H103O10P/c1-3-5-7-9-11-13-15-17-19-21-23-25-27-29-31-33-35-37-39-41-43-45-53(57)63-51(49-62-64(58,59)61-47-50(55)46-54)48-60-52(56)44-42-40-38-36-34-32-30-28-26-24-22-20-18-16-14-12-10-8-6-4-2/h21,23,50-51,54-55H,3-20,22,24-49H2,1-2H3,(H,58,59)/b23-21-. The number of allylic oxidation sites excluding steroid dienone is 2. The molecule has 3 N–H and O–H groups in total. The van der Waals surface area contributed by atoms with Gasteiger partial charge in [-0.15, -0.1) is 0 Å². The molecule has 0 aliphatic rings. The lowest BCUT2D eigenvalue weighted by molar-refractivity contribution is -0.161. The summed E-state index contributed by atoms with van der Waals surface area (Å²) in [6, 6.07) is 0. The second-order valence-corrected chi connectivity index (χ2v) is 20.1. The molecule has 0 saturated heterocycles. The van der Waals surface area contributed by atoms with Crippen LogP contribution in [0.15, 0.2) is 12.2 Å². The lowest BCUT2D eigenvalue weighted by atomic mass is 10.0. The summed E-state index contributed by atoms with van der Waals surface area (Å²) in [5, 5.41) is 18.4. The van der Waals surface area contributed by atoms with Crippen LogP contribution in [0.2, 0.25) is 0 Å². The predicted octanol–water partition coefficient (Wildman–Crippen LogP) is 15.5. The van der Waals surface area contributed by atoms with Crippen LogP contribution in [0.4, 0.5) is 0 Å². The van der Waals surface area contributed by atoms with Crippen LogP contribution in [0.1, 0.15) is 277 Å². The molecule has 0 amide bonds. The Bertz CT molecular complexity index is 1070. The van der Waals surface area contributed by atoms with E-state index >= 15 is 0 Å². The van der Waals surface area contributed by atoms with Crippen molar-refractivity contribution in [2.75, 3.05) is 26.4 Å². The Morgan fingerprint density at radius 1 is 0.453 bits per heavy atom. The van der Waals surface area contributed by atoms with Gasteiger partial charge < -0.3 is 24.6 Å². The van der Waals surface area contributed by atoms with E-state index in [2.05, 4.69) is 26.0 Å². The lowest BCUT2D eigenvalue weighted by Crippen LogP contribution is -2.29. The van der Waals surface area contributed by atoms with Gasteiger partial charge in [0.15, 0.2) is 6.10 Å². The molecule has 64 heavy (non-hydrogen) atoms. The van der Waals surface area contributed by atoms with E-state index in [1.54, 1.807) is 0 Å². The number of hydrogen-bond acceptors (Lipinski definition) is 9. The molecule has 0 spiro atoms. The quantitative estimate of drug-likeness (QED) is 0.0233. The Morgan fingerprint density at radius 2 is 0.766 bits per heavy atom. The SMILES string of the molecule is CCCCCCCCCC/C=C\CCCCCCCCCCCC(=O)OC(COC(=O)CCCCCCCCCCCCCCCCCCCCCC)COP(=O)(O)OCC(O)CO. The van der Waals surface area contributed by atoms with Crippen molar-refractivity contribution < 1.29 is 47.8 Å². The molecule has 3 atom stereocenters. The minimum Gasteiger partial charge on any atom is -0.462 e. The van der Waals surface area contributed by atoms with Crippen LogP contribution in [0, 0.1) is 0 Å². The minimum atomic E-state index is -4.62. The fraction of sp³-hybridized carbons (Fsp3) is 0.925. The monoisotopic (exact) mass is 931 g/mol. The smallest absolute Gasteiger partial charge is 0.462 e. The average Bonchev–Trinajstić information content (AvgIpc) is 3.28. The van der Waals surface area contributed by atoms with E-state index in [9.17, 15) is 24.2 Å². The molecule has 0 aromatic carbocycles. The van der Waals surface area contributed by atoms with Crippen LogP contribution in [0.5, 0.6) is 0 Å². The van der Waals surface area contributed by atoms with Crippen LogP contribution >= 0.6 is 7.82 Å². The highest BCUT2D eigenvalue weighted by Gasteiger charge is 2.27. The van der Waals surface area contributed by atoms with E-state index in [4.69, 9.17) is 23.6 Å². The molecule has 0 radical (unpaired) electrons. The second kappa shape index (κ2) is 49.6. The summed E-state index contributed by atoms with van der Waals surface area (Å²) in [6.45, 7) is 2.45. The first-order chi connectivity index (χ1) is 31.2. The highest BCUT2D eigenvalue weighted by Crippen LogP contribution is 2.43. The molecule has 380 valence electrons. The molecule has 0 aliphatic carbocycles. The summed E-state index contributed by atoms with van der Waals surface area (Å²) in [7, 11) is -4.62. The molecule has 0 fully saturated rings. The summed E-state index contributed by atoms with van der Waals surface area (Å²) in [5.74, 6) is -0.908. The molecule has 10 nitrogen and oxygen atoms in total. The van der Waals surface area contributed by atoms with Crippen LogP contribution in [0.25, 0.3) is 0 Å². The Morgan fingerprint density at radius 3 is 1.12 bits per heavy atom. The number of aliphatic hydroxyl groups is 2. The number of rotatable bonds is 52. The zero-order valence-electron chi connectivity index (χ0n) is 41.8. The van der Waals surface area contributed by atoms with Gasteiger partial charge >= 0.3 is 19.8 Å². The maximum atomic E-state index is 12.7. The van der Waals surface area contributed by atoms with Crippen molar-refractivity contribution in [2.45, 2.75) is 289 Å². The number of carbonyl (C=O) groups is 2. The minimum absolute atomic E-state index is 0.187. The van der Waals surface area contributed by atoms with E-state index in [1.807, 2.05) is 0 Å². The maximum Gasteiger partial charge on any atom is 0.472 e. The first-order valence-electron chi connectivity index (χ1n) is 27.1. The van der Waals surface area contributed by atoms with E-state index in [0.29, 0.717) is 12.8 Å². The normalized spacial score (nSPS) is 13.6. The molecule has 0 saturated carbocycles. The maximum absolute atomic E-state index is 12.7. The predicted molar refractivity (Wildman–Crippen MR) is 265 cm³/mol. The second-order valence-electron chi connectivity index (χ2n) is 18.6. The average molecular weight is 931 g/mol. The van der Waals surface area contributed by atoms with Gasteiger partial charge in [0.05, 0.1) is 19.8 Å². The summed E-state index contributed by atoms with van der Waals surface area (Å²) < 4.78 is 32.9. The zero-order chi connectivity index (χ0) is 46.9. The Balaban J connectivity index is 4.11. The summed E-state index contributed by atoms with van der Waals surface area (Å²) in [5.41, 5.74) is 0. The van der Waals surface area contributed by atoms with Crippen molar-refractivity contribution in [1.29, 1.82) is 0 Å². The van der Waals surface area contributed by atoms with Gasteiger partial charge in [-0.05, 0) is 38.5 Å². The van der Waals surface area contributed by atoms with Gasteiger partial charge in [-0.2, -0.15) is 0 Å². The number of ether oxygens (including phenoxy) is 2. The topological polar surface area (TPSA) is 149 Å². The van der Waals surface area contributed by atoms with Crippen molar-refractivity contribution in [3.63, 3.8) is 0 Å². The zero-order valence-corrected chi connectivity index (χ0v) is 42.7. The molecule has 0 aromatic rings. The van der Waals surface area contributed by atoms with Gasteiger partial charge in [-0.3, -0.25) is 18.6 Å². The highest BCUT2D eigenvalue weighted by molar-refractivity contribution is 7.47. The first kappa shape index (κ1) is 62.7. The van der Waals surface area contributed by atoms with Gasteiger partial charge in [-0.25, -0.2) is 4.57 Å². The third-order valence-corrected chi connectivity index (χ3v) is 13.1. The van der Waals surface area contributed by atoms with E-state index in [1.165, 1.54) is 205 Å². The number of hydrogen-bond donors (Lipinski definition) is 3. The summed E-state index contributed by atoms with van der Waals surface area (Å²) in [4.78, 5) is 35.2. The molecule has 0 rings (SSSR count). The first-order valence-corrected chi connectivity index (χ1v) is 28.6. The van der Waals surface area contributed by atoms with Crippen LogP contribution in [-0.2, 0) is 32.7 Å². The molecular weight excluding hydrogens is 828 g/mol. The molecular formula is C53H103O10P. The van der Waals surface area contributed by atoms with Crippen LogP contribution in [0.3, 0.4) is 0 Å². The number of esters is 2. The molecule has 0 aromatic heterocycles. The van der Waals surface area contributed by atoms with Crippen molar-refractivity contribution in [3.05, 3.63) is 12.2 Å². The van der Waals surface area contributed by atoms with Crippen molar-refractivity contribution in [1.82, 2.24) is 0 Å². The third kappa shape index (κ3) is 48.6. The van der Waals surface area contributed by atoms with Gasteiger partial charge in [0, 0.05) is 12.8 Å². The molecule has 0 aliphatic heterocycles. The van der Waals surface area contributed by atoms with Crippen molar-refractivity contribution >= 4 is 19.8 Å². The Hall–Kier alpha value is -1.29. The van der Waals surface area contributed by atoms with E-state index in [0.717, 1.165) is 32.1 Å². The van der Waals surface area contributed by atoms with Gasteiger partial charge in [0.25, 0.3) is 0 Å². The number of unbranched alkanes of at least 4 members (excludes halogenated alkanes) is 36. The van der Waals surface area contributed by atoms with Gasteiger partial charge in [-0.1, -0.05) is 238 Å². The molecule has 3 unspecified atom stereocenters. The third-order valence-electron chi connectivity index (χ3n) is 12.2. The van der Waals surface area contributed by atoms with Crippen molar-refractivity contribution in [2.24, 2.45) is 0 Å². The largest absolute Gasteiger partial charge is 0.472 e. The number of carbonyl (C=O) groups excluding carboxylic acids is 2. The number of aliphatic hydroxyl groups excluding tert-OH is 2. The van der Waals surface area contributed by atoms with Crippen LogP contribution in [-0.4, -0.2) is 65.7 Å². The summed E-state index contributed by atoms with van der Waals surface area (Å²) >= 11 is 0. The highest BCUT2D eigenvalue weighted by atomic mass is 31.2.